The van der Waals surface area contributed by atoms with Crippen molar-refractivity contribution < 1.29 is 0 Å². The highest BCUT2D eigenvalue weighted by molar-refractivity contribution is 4.83. The van der Waals surface area contributed by atoms with E-state index in [0.29, 0.717) is 5.92 Å². The summed E-state index contributed by atoms with van der Waals surface area (Å²) < 4.78 is 0. The largest absolute Gasteiger partial charge is 0.0883 e. The molecule has 0 aliphatic rings. The van der Waals surface area contributed by atoms with E-state index in [-0.39, 0.29) is 0 Å². The Hall–Kier alpha value is -0.260. The Labute approximate surface area is 104 Å². The fourth-order valence-corrected chi connectivity index (χ4v) is 1.87. The molecule has 16 heavy (non-hydrogen) atoms. The zero-order valence-corrected chi connectivity index (χ0v) is 11.5. The topological polar surface area (TPSA) is 0 Å². The molecule has 0 heterocycles. The quantitative estimate of drug-likeness (QED) is 0.300. The van der Waals surface area contributed by atoms with E-state index in [1.165, 1.54) is 57.8 Å². The molecule has 0 nitrogen and oxygen atoms in total. The van der Waals surface area contributed by atoms with E-state index in [0.717, 1.165) is 6.42 Å². The Balaban J connectivity index is 2.99. The lowest BCUT2D eigenvalue weighted by Gasteiger charge is -2.00. The van der Waals surface area contributed by atoms with Gasteiger partial charge in [-0.25, -0.2) is 0 Å². The predicted molar refractivity (Wildman–Crippen MR) is 75.5 cm³/mol. The van der Waals surface area contributed by atoms with Crippen molar-refractivity contribution in [2.45, 2.75) is 78.1 Å². The van der Waals surface area contributed by atoms with Gasteiger partial charge in [-0.3, -0.25) is 0 Å². The second kappa shape index (κ2) is 12.8. The molecular weight excluding hydrogens is 192 g/mol. The predicted octanol–water partition coefficient (Wildman–Crippen LogP) is 5.93. The Morgan fingerprint density at radius 1 is 0.812 bits per heavy atom. The zero-order chi connectivity index (χ0) is 12.1. The summed E-state index contributed by atoms with van der Waals surface area (Å²) in [6.45, 7) is 8.34. The van der Waals surface area contributed by atoms with E-state index in [1.807, 2.05) is 0 Å². The summed E-state index contributed by atoms with van der Waals surface area (Å²) >= 11 is 0. The fourth-order valence-electron chi connectivity index (χ4n) is 1.87. The van der Waals surface area contributed by atoms with E-state index >= 15 is 0 Å². The minimum atomic E-state index is 0.716. The highest BCUT2D eigenvalue weighted by Gasteiger charge is 1.91. The van der Waals surface area contributed by atoms with Gasteiger partial charge in [0.1, 0.15) is 0 Å². The van der Waals surface area contributed by atoms with Gasteiger partial charge in [-0.1, -0.05) is 84.3 Å². The lowest BCUT2D eigenvalue weighted by atomic mass is 10.1. The molecule has 0 unspecified atom stereocenters. The third-order valence-electron chi connectivity index (χ3n) is 2.89. The maximum absolute atomic E-state index is 3.87. The molecule has 0 fully saturated rings. The van der Waals surface area contributed by atoms with Gasteiger partial charge in [0.25, 0.3) is 0 Å². The van der Waals surface area contributed by atoms with Crippen LogP contribution in [0.4, 0.5) is 0 Å². The molecule has 0 aromatic rings. The van der Waals surface area contributed by atoms with E-state index in [1.54, 1.807) is 0 Å². The third kappa shape index (κ3) is 13.7. The van der Waals surface area contributed by atoms with Crippen molar-refractivity contribution in [2.75, 3.05) is 0 Å². The Bertz CT molecular complexity index is 144. The molecule has 1 radical (unpaired) electrons. The molecule has 0 atom stereocenters. The van der Waals surface area contributed by atoms with Crippen molar-refractivity contribution in [2.24, 2.45) is 5.92 Å². The van der Waals surface area contributed by atoms with E-state index in [4.69, 9.17) is 0 Å². The van der Waals surface area contributed by atoms with Crippen LogP contribution in [0, 0.1) is 12.8 Å². The second-order valence-corrected chi connectivity index (χ2v) is 5.14. The molecule has 0 aromatic heterocycles. The molecule has 95 valence electrons. The molecule has 0 aliphatic carbocycles. The highest BCUT2D eigenvalue weighted by atomic mass is 14.0. The van der Waals surface area contributed by atoms with Crippen LogP contribution in [0.2, 0.25) is 0 Å². The van der Waals surface area contributed by atoms with Gasteiger partial charge in [-0.2, -0.15) is 0 Å². The van der Waals surface area contributed by atoms with Crippen LogP contribution in [0.5, 0.6) is 0 Å². The van der Waals surface area contributed by atoms with Gasteiger partial charge >= 0.3 is 0 Å². The first-order chi connectivity index (χ1) is 7.77. The Morgan fingerprint density at radius 3 is 1.81 bits per heavy atom. The monoisotopic (exact) mass is 223 g/mol. The molecule has 0 rings (SSSR count). The maximum Gasteiger partial charge on any atom is -0.0290 e. The van der Waals surface area contributed by atoms with Crippen molar-refractivity contribution in [1.82, 2.24) is 0 Å². The van der Waals surface area contributed by atoms with Crippen LogP contribution in [0.15, 0.2) is 12.2 Å². The number of unbranched alkanes of at least 4 members (excludes halogenated alkanes) is 9. The molecular formula is C16H31. The number of rotatable bonds is 11. The van der Waals surface area contributed by atoms with E-state index in [9.17, 15) is 0 Å². The molecule has 0 saturated carbocycles. The van der Waals surface area contributed by atoms with Crippen LogP contribution in [-0.2, 0) is 0 Å². The Kier molecular flexibility index (Phi) is 12.6. The molecule has 0 saturated heterocycles. The van der Waals surface area contributed by atoms with Gasteiger partial charge in [0.15, 0.2) is 0 Å². The first kappa shape index (κ1) is 15.7. The third-order valence-corrected chi connectivity index (χ3v) is 2.89. The Morgan fingerprint density at radius 2 is 1.31 bits per heavy atom. The van der Waals surface area contributed by atoms with E-state index < -0.39 is 0 Å². The summed E-state index contributed by atoms with van der Waals surface area (Å²) in [5.41, 5.74) is 0. The summed E-state index contributed by atoms with van der Waals surface area (Å²) in [5, 5.41) is 0. The van der Waals surface area contributed by atoms with Crippen molar-refractivity contribution in [3.8, 4) is 0 Å². The summed E-state index contributed by atoms with van der Waals surface area (Å²) in [4.78, 5) is 0. The molecule has 0 bridgehead atoms. The highest BCUT2D eigenvalue weighted by Crippen LogP contribution is 2.10. The van der Waals surface area contributed by atoms with Gasteiger partial charge in [-0.05, 0) is 18.8 Å². The van der Waals surface area contributed by atoms with Gasteiger partial charge < -0.3 is 0 Å². The normalized spacial score (nSPS) is 11.8. The summed E-state index contributed by atoms with van der Waals surface area (Å²) in [6.07, 6.45) is 18.3. The van der Waals surface area contributed by atoms with Gasteiger partial charge in [0.2, 0.25) is 0 Å². The molecule has 0 aliphatic heterocycles. The second-order valence-electron chi connectivity index (χ2n) is 5.14. The summed E-state index contributed by atoms with van der Waals surface area (Å²) in [5.74, 6) is 0.716. The lowest BCUT2D eigenvalue weighted by Crippen LogP contribution is -1.81. The maximum atomic E-state index is 3.87. The van der Waals surface area contributed by atoms with Crippen LogP contribution in [0.1, 0.15) is 78.1 Å². The molecule has 0 N–H and O–H groups in total. The number of allylic oxidation sites excluding steroid dienone is 2. The van der Waals surface area contributed by atoms with Crippen molar-refractivity contribution in [3.05, 3.63) is 19.1 Å². The van der Waals surface area contributed by atoms with Crippen molar-refractivity contribution in [3.63, 3.8) is 0 Å². The van der Waals surface area contributed by atoms with Crippen molar-refractivity contribution in [1.29, 1.82) is 0 Å². The van der Waals surface area contributed by atoms with Gasteiger partial charge in [-0.15, -0.1) is 0 Å². The molecule has 0 heteroatoms. The molecule has 0 aromatic carbocycles. The minimum Gasteiger partial charge on any atom is -0.0883 e. The smallest absolute Gasteiger partial charge is 0.0290 e. The molecule has 0 spiro atoms. The lowest BCUT2D eigenvalue weighted by molar-refractivity contribution is 0.570. The average molecular weight is 223 g/mol. The van der Waals surface area contributed by atoms with Crippen LogP contribution < -0.4 is 0 Å². The number of hydrogen-bond acceptors (Lipinski definition) is 0. The minimum absolute atomic E-state index is 0.716. The first-order valence-electron chi connectivity index (χ1n) is 7.23. The van der Waals surface area contributed by atoms with Crippen LogP contribution in [0.25, 0.3) is 0 Å². The van der Waals surface area contributed by atoms with Crippen LogP contribution in [-0.4, -0.2) is 0 Å². The number of hydrogen-bond donors (Lipinski definition) is 0. The summed E-state index contributed by atoms with van der Waals surface area (Å²) in [6, 6.07) is 0. The van der Waals surface area contributed by atoms with E-state index in [2.05, 4.69) is 32.9 Å². The zero-order valence-electron chi connectivity index (χ0n) is 11.5. The average Bonchev–Trinajstić information content (AvgIpc) is 2.25. The van der Waals surface area contributed by atoms with Crippen LogP contribution >= 0.6 is 0 Å². The fraction of sp³-hybridized carbons (Fsp3) is 0.812. The SMILES string of the molecule is [CH2]CCCCCCCCCCC=CC(C)C. The van der Waals surface area contributed by atoms with Crippen LogP contribution in [0.3, 0.4) is 0 Å². The first-order valence-corrected chi connectivity index (χ1v) is 7.23. The molecule has 0 amide bonds. The van der Waals surface area contributed by atoms with Crippen molar-refractivity contribution >= 4 is 0 Å². The standard InChI is InChI=1S/C16H31/c1-4-5-6-7-8-9-10-11-12-13-14-15-16(2)3/h14-16H,1,4-13H2,2-3H3. The summed E-state index contributed by atoms with van der Waals surface area (Å²) in [7, 11) is 0. The van der Waals surface area contributed by atoms with Gasteiger partial charge in [0.05, 0.1) is 0 Å². The van der Waals surface area contributed by atoms with Gasteiger partial charge in [0, 0.05) is 0 Å².